The van der Waals surface area contributed by atoms with Crippen molar-refractivity contribution in [2.24, 2.45) is 5.73 Å². The van der Waals surface area contributed by atoms with Crippen molar-refractivity contribution in [2.75, 3.05) is 18.5 Å². The van der Waals surface area contributed by atoms with E-state index in [9.17, 15) is 0 Å². The van der Waals surface area contributed by atoms with Gasteiger partial charge >= 0.3 is 0 Å². The Labute approximate surface area is 128 Å². The molecule has 21 heavy (non-hydrogen) atoms. The number of aryl methyl sites for hydroxylation is 2. The minimum Gasteiger partial charge on any atom is -0.370 e. The summed E-state index contributed by atoms with van der Waals surface area (Å²) >= 11 is 0. The van der Waals surface area contributed by atoms with Gasteiger partial charge in [0.15, 0.2) is 0 Å². The number of nitrogens with two attached hydrogens (primary N) is 1. The molecule has 0 aromatic heterocycles. The molecule has 2 N–H and O–H groups in total. The van der Waals surface area contributed by atoms with E-state index in [1.54, 1.807) is 0 Å². The zero-order valence-electron chi connectivity index (χ0n) is 13.5. The molecule has 0 spiro atoms. The van der Waals surface area contributed by atoms with Crippen molar-refractivity contribution in [1.82, 2.24) is 0 Å². The van der Waals surface area contributed by atoms with Crippen LogP contribution in [-0.4, -0.2) is 19.6 Å². The molecule has 2 heteroatoms. The predicted octanol–water partition coefficient (Wildman–Crippen LogP) is 3.87. The normalized spacial score (nSPS) is 13.8. The topological polar surface area (TPSA) is 29.3 Å². The molecular weight excluding hydrogens is 256 g/mol. The van der Waals surface area contributed by atoms with Crippen molar-refractivity contribution in [1.29, 1.82) is 0 Å². The van der Waals surface area contributed by atoms with Gasteiger partial charge in [-0.2, -0.15) is 0 Å². The molecule has 0 radical (unpaired) electrons. The first-order valence-electron chi connectivity index (χ1n) is 7.59. The lowest BCUT2D eigenvalue weighted by Crippen LogP contribution is -2.41. The molecule has 112 valence electrons. The third kappa shape index (κ3) is 3.64. The Kier molecular flexibility index (Phi) is 5.03. The van der Waals surface area contributed by atoms with Gasteiger partial charge < -0.3 is 10.6 Å². The SMILES string of the molecule is Cc1cc(C)cc(N(C)C(CN)C(C)c2ccccc2)c1. The third-order valence-corrected chi connectivity index (χ3v) is 4.26. The van der Waals surface area contributed by atoms with Crippen LogP contribution in [0, 0.1) is 13.8 Å². The van der Waals surface area contributed by atoms with Crippen molar-refractivity contribution in [3.8, 4) is 0 Å². The number of likely N-dealkylation sites (N-methyl/N-ethyl adjacent to an activating group) is 1. The standard InChI is InChI=1S/C19H26N2/c1-14-10-15(2)12-18(11-14)21(4)19(13-20)16(3)17-8-6-5-7-9-17/h5-12,16,19H,13,20H2,1-4H3. The average Bonchev–Trinajstić information content (AvgIpc) is 2.47. The molecule has 2 unspecified atom stereocenters. The molecule has 0 aliphatic carbocycles. The zero-order valence-corrected chi connectivity index (χ0v) is 13.5. The van der Waals surface area contributed by atoms with Crippen LogP contribution in [0.25, 0.3) is 0 Å². The molecule has 0 fully saturated rings. The Morgan fingerprint density at radius 1 is 1.00 bits per heavy atom. The molecule has 2 aromatic rings. The van der Waals surface area contributed by atoms with Gasteiger partial charge in [0.1, 0.15) is 0 Å². The largest absolute Gasteiger partial charge is 0.370 e. The molecule has 0 saturated carbocycles. The van der Waals surface area contributed by atoms with E-state index in [1.165, 1.54) is 22.4 Å². The Balaban J connectivity index is 2.28. The van der Waals surface area contributed by atoms with Gasteiger partial charge in [-0.1, -0.05) is 43.3 Å². The summed E-state index contributed by atoms with van der Waals surface area (Å²) in [5.41, 5.74) is 11.2. The molecule has 2 aromatic carbocycles. The number of nitrogens with zero attached hydrogens (tertiary/aromatic N) is 1. The molecule has 2 atom stereocenters. The first-order chi connectivity index (χ1) is 10.0. The third-order valence-electron chi connectivity index (χ3n) is 4.26. The first kappa shape index (κ1) is 15.6. The fraction of sp³-hybridized carbons (Fsp3) is 0.368. The van der Waals surface area contributed by atoms with Gasteiger partial charge in [0.2, 0.25) is 0 Å². The van der Waals surface area contributed by atoms with Crippen LogP contribution >= 0.6 is 0 Å². The van der Waals surface area contributed by atoms with E-state index in [-0.39, 0.29) is 6.04 Å². The highest BCUT2D eigenvalue weighted by atomic mass is 15.1. The predicted molar refractivity (Wildman–Crippen MR) is 92.0 cm³/mol. The Hall–Kier alpha value is -1.80. The van der Waals surface area contributed by atoms with Crippen molar-refractivity contribution >= 4 is 5.69 Å². The van der Waals surface area contributed by atoms with Crippen LogP contribution in [-0.2, 0) is 0 Å². The second-order valence-electron chi connectivity index (χ2n) is 5.96. The summed E-state index contributed by atoms with van der Waals surface area (Å²) in [5.74, 6) is 0.391. The highest BCUT2D eigenvalue weighted by Crippen LogP contribution is 2.27. The van der Waals surface area contributed by atoms with E-state index < -0.39 is 0 Å². The van der Waals surface area contributed by atoms with Crippen LogP contribution in [0.5, 0.6) is 0 Å². The van der Waals surface area contributed by atoms with Gasteiger partial charge in [0.25, 0.3) is 0 Å². The van der Waals surface area contributed by atoms with Crippen LogP contribution in [0.3, 0.4) is 0 Å². The molecule has 0 heterocycles. The summed E-state index contributed by atoms with van der Waals surface area (Å²) in [7, 11) is 2.14. The lowest BCUT2D eigenvalue weighted by Gasteiger charge is -2.34. The monoisotopic (exact) mass is 282 g/mol. The van der Waals surface area contributed by atoms with Gasteiger partial charge in [0.05, 0.1) is 0 Å². The molecule has 0 amide bonds. The van der Waals surface area contributed by atoms with E-state index in [4.69, 9.17) is 5.73 Å². The average molecular weight is 282 g/mol. The van der Waals surface area contributed by atoms with Crippen molar-refractivity contribution in [3.05, 3.63) is 65.2 Å². The van der Waals surface area contributed by atoms with Crippen molar-refractivity contribution in [3.63, 3.8) is 0 Å². The van der Waals surface area contributed by atoms with Gasteiger partial charge in [-0.3, -0.25) is 0 Å². The van der Waals surface area contributed by atoms with Gasteiger partial charge in [-0.25, -0.2) is 0 Å². The Morgan fingerprint density at radius 3 is 2.10 bits per heavy atom. The first-order valence-corrected chi connectivity index (χ1v) is 7.59. The highest BCUT2D eigenvalue weighted by molar-refractivity contribution is 5.52. The number of anilines is 1. The van der Waals surface area contributed by atoms with Crippen LogP contribution in [0.15, 0.2) is 48.5 Å². The maximum Gasteiger partial charge on any atom is 0.0474 e. The van der Waals surface area contributed by atoms with E-state index in [1.807, 2.05) is 0 Å². The van der Waals surface area contributed by atoms with Crippen LogP contribution in [0.1, 0.15) is 29.5 Å². The minimum atomic E-state index is 0.286. The Morgan fingerprint density at radius 2 is 1.57 bits per heavy atom. The van der Waals surface area contributed by atoms with Crippen molar-refractivity contribution < 1.29 is 0 Å². The molecule has 2 nitrogen and oxygen atoms in total. The quantitative estimate of drug-likeness (QED) is 0.902. The van der Waals surface area contributed by atoms with Crippen molar-refractivity contribution in [2.45, 2.75) is 32.7 Å². The lowest BCUT2D eigenvalue weighted by atomic mass is 9.92. The van der Waals surface area contributed by atoms with Crippen LogP contribution in [0.4, 0.5) is 5.69 Å². The minimum absolute atomic E-state index is 0.286. The number of benzene rings is 2. The fourth-order valence-corrected chi connectivity index (χ4v) is 3.02. The van der Waals surface area contributed by atoms with E-state index in [0.29, 0.717) is 12.5 Å². The molecule has 0 aliphatic rings. The lowest BCUT2D eigenvalue weighted by molar-refractivity contribution is 0.547. The summed E-state index contributed by atoms with van der Waals surface area (Å²) in [6.45, 7) is 7.18. The van der Waals surface area contributed by atoms with Gasteiger partial charge in [-0.05, 0) is 42.7 Å². The smallest absolute Gasteiger partial charge is 0.0474 e. The summed E-state index contributed by atoms with van der Waals surface area (Å²) in [4.78, 5) is 2.32. The molecule has 0 saturated heterocycles. The van der Waals surface area contributed by atoms with Crippen LogP contribution in [0.2, 0.25) is 0 Å². The van der Waals surface area contributed by atoms with Crippen LogP contribution < -0.4 is 10.6 Å². The van der Waals surface area contributed by atoms with Gasteiger partial charge in [-0.15, -0.1) is 0 Å². The molecular formula is C19H26N2. The number of rotatable bonds is 5. The highest BCUT2D eigenvalue weighted by Gasteiger charge is 2.22. The summed E-state index contributed by atoms with van der Waals surface area (Å²) in [5, 5.41) is 0. The van der Waals surface area contributed by atoms with E-state index >= 15 is 0 Å². The maximum absolute atomic E-state index is 6.08. The van der Waals surface area contributed by atoms with Gasteiger partial charge in [0, 0.05) is 31.2 Å². The molecule has 0 bridgehead atoms. The molecule has 0 aliphatic heterocycles. The second-order valence-corrected chi connectivity index (χ2v) is 5.96. The summed E-state index contributed by atoms with van der Waals surface area (Å²) in [6.07, 6.45) is 0. The summed E-state index contributed by atoms with van der Waals surface area (Å²) < 4.78 is 0. The maximum atomic E-state index is 6.08. The van der Waals surface area contributed by atoms with E-state index in [0.717, 1.165) is 0 Å². The Bertz CT molecular complexity index is 557. The fourth-order valence-electron chi connectivity index (χ4n) is 3.02. The molecule has 2 rings (SSSR count). The number of hydrogen-bond acceptors (Lipinski definition) is 2. The second kappa shape index (κ2) is 6.77. The summed E-state index contributed by atoms with van der Waals surface area (Å²) in [6, 6.07) is 17.6. The zero-order chi connectivity index (χ0) is 15.4. The van der Waals surface area contributed by atoms with E-state index in [2.05, 4.69) is 81.2 Å². The number of hydrogen-bond donors (Lipinski definition) is 1.